The van der Waals surface area contributed by atoms with Crippen molar-refractivity contribution >= 4 is 23.2 Å². The quantitative estimate of drug-likeness (QED) is 0.849. The van der Waals surface area contributed by atoms with Gasteiger partial charge in [0.15, 0.2) is 0 Å². The Morgan fingerprint density at radius 3 is 2.31 bits per heavy atom. The Hall–Kier alpha value is -2.82. The van der Waals surface area contributed by atoms with Crippen molar-refractivity contribution in [2.45, 2.75) is 33.6 Å². The van der Waals surface area contributed by atoms with Gasteiger partial charge in [-0.25, -0.2) is 0 Å². The molecule has 138 valence electrons. The van der Waals surface area contributed by atoms with Gasteiger partial charge in [0, 0.05) is 18.3 Å². The number of anilines is 2. The van der Waals surface area contributed by atoms with E-state index in [-0.39, 0.29) is 24.3 Å². The molecule has 0 bridgehead atoms. The number of methoxy groups -OCH3 is 1. The van der Waals surface area contributed by atoms with Crippen LogP contribution in [0.25, 0.3) is 0 Å². The average molecular weight is 354 g/mol. The van der Waals surface area contributed by atoms with Crippen molar-refractivity contribution in [2.75, 3.05) is 23.9 Å². The number of amides is 2. The zero-order valence-electron chi connectivity index (χ0n) is 16.0. The van der Waals surface area contributed by atoms with Crippen LogP contribution in [0.1, 0.15) is 37.8 Å². The summed E-state index contributed by atoms with van der Waals surface area (Å²) in [6, 6.07) is 13.0. The molecule has 0 aliphatic heterocycles. The van der Waals surface area contributed by atoms with E-state index in [1.807, 2.05) is 25.1 Å². The molecule has 5 nitrogen and oxygen atoms in total. The second kappa shape index (κ2) is 8.52. The fourth-order valence-electron chi connectivity index (χ4n) is 2.81. The molecule has 2 aromatic carbocycles. The predicted octanol–water partition coefficient (Wildman–Crippen LogP) is 4.12. The van der Waals surface area contributed by atoms with Gasteiger partial charge in [0.2, 0.25) is 11.8 Å². The first-order valence-electron chi connectivity index (χ1n) is 8.65. The molecule has 26 heavy (non-hydrogen) atoms. The number of para-hydroxylation sites is 1. The van der Waals surface area contributed by atoms with Crippen LogP contribution in [0.2, 0.25) is 0 Å². The number of nitrogens with zero attached hydrogens (tertiary/aromatic N) is 1. The van der Waals surface area contributed by atoms with E-state index < -0.39 is 0 Å². The van der Waals surface area contributed by atoms with Gasteiger partial charge in [0.05, 0.1) is 7.11 Å². The Balaban J connectivity index is 2.20. The van der Waals surface area contributed by atoms with Crippen LogP contribution in [0, 0.1) is 6.92 Å². The van der Waals surface area contributed by atoms with Gasteiger partial charge in [-0.2, -0.15) is 0 Å². The molecule has 0 radical (unpaired) electrons. The lowest BCUT2D eigenvalue weighted by Gasteiger charge is -2.22. The van der Waals surface area contributed by atoms with Gasteiger partial charge in [-0.15, -0.1) is 0 Å². The van der Waals surface area contributed by atoms with E-state index in [9.17, 15) is 9.59 Å². The normalized spacial score (nSPS) is 10.5. The van der Waals surface area contributed by atoms with E-state index >= 15 is 0 Å². The maximum atomic E-state index is 12.6. The number of hydrogen-bond acceptors (Lipinski definition) is 3. The lowest BCUT2D eigenvalue weighted by Crippen LogP contribution is -2.36. The highest BCUT2D eigenvalue weighted by molar-refractivity contribution is 6.02. The molecule has 0 saturated carbocycles. The molecule has 0 atom stereocenters. The summed E-state index contributed by atoms with van der Waals surface area (Å²) in [5.74, 6) is 0.560. The summed E-state index contributed by atoms with van der Waals surface area (Å²) in [7, 11) is 1.58. The molecule has 1 N–H and O–H groups in total. The maximum absolute atomic E-state index is 12.6. The molecule has 0 aliphatic carbocycles. The van der Waals surface area contributed by atoms with Gasteiger partial charge in [0.1, 0.15) is 12.3 Å². The zero-order valence-corrected chi connectivity index (χ0v) is 16.0. The van der Waals surface area contributed by atoms with E-state index in [0.29, 0.717) is 11.4 Å². The minimum atomic E-state index is -0.229. The smallest absolute Gasteiger partial charge is 0.244 e. The summed E-state index contributed by atoms with van der Waals surface area (Å²) in [6.45, 7) is 7.54. The molecule has 2 amide bonds. The van der Waals surface area contributed by atoms with Gasteiger partial charge in [0.25, 0.3) is 0 Å². The summed E-state index contributed by atoms with van der Waals surface area (Å²) < 4.78 is 5.14. The number of benzene rings is 2. The molecular weight excluding hydrogens is 328 g/mol. The molecule has 0 unspecified atom stereocenters. The number of carbonyl (C=O) groups is 2. The van der Waals surface area contributed by atoms with E-state index in [2.05, 4.69) is 19.2 Å². The highest BCUT2D eigenvalue weighted by Crippen LogP contribution is 2.27. The molecule has 2 aromatic rings. The number of hydrogen-bond donors (Lipinski definition) is 1. The highest BCUT2D eigenvalue weighted by Gasteiger charge is 2.18. The van der Waals surface area contributed by atoms with E-state index in [4.69, 9.17) is 4.74 Å². The first-order chi connectivity index (χ1) is 12.3. The van der Waals surface area contributed by atoms with Crippen molar-refractivity contribution in [1.29, 1.82) is 0 Å². The first-order valence-corrected chi connectivity index (χ1v) is 8.65. The van der Waals surface area contributed by atoms with Crippen LogP contribution in [-0.4, -0.2) is 25.5 Å². The van der Waals surface area contributed by atoms with Crippen LogP contribution >= 0.6 is 0 Å². The van der Waals surface area contributed by atoms with Gasteiger partial charge < -0.3 is 15.0 Å². The number of nitrogens with one attached hydrogen (secondary N) is 1. The molecule has 0 aliphatic rings. The molecule has 0 spiro atoms. The Morgan fingerprint density at radius 1 is 1.12 bits per heavy atom. The van der Waals surface area contributed by atoms with Crippen molar-refractivity contribution in [1.82, 2.24) is 0 Å². The third kappa shape index (κ3) is 4.63. The summed E-state index contributed by atoms with van der Waals surface area (Å²) >= 11 is 0. The number of ether oxygens (including phenoxy) is 1. The lowest BCUT2D eigenvalue weighted by atomic mass is 9.98. The van der Waals surface area contributed by atoms with Crippen LogP contribution in [0.3, 0.4) is 0 Å². The minimum absolute atomic E-state index is 0.0481. The van der Waals surface area contributed by atoms with Crippen molar-refractivity contribution in [3.63, 3.8) is 0 Å². The summed E-state index contributed by atoms with van der Waals surface area (Å²) in [5.41, 5.74) is 3.56. The molecule has 0 saturated heterocycles. The molecule has 2 rings (SSSR count). The number of rotatable bonds is 6. The molecule has 0 fully saturated rings. The first kappa shape index (κ1) is 19.5. The van der Waals surface area contributed by atoms with E-state index in [1.165, 1.54) is 11.8 Å². The second-order valence-corrected chi connectivity index (χ2v) is 6.55. The standard InChI is InChI=1S/C21H26N2O3/c1-14(2)19-8-6-7-15(3)21(19)22-20(25)13-23(16(4)24)17-9-11-18(26-5)12-10-17/h6-12,14H,13H2,1-5H3,(H,22,25). The Labute approximate surface area is 155 Å². The van der Waals surface area contributed by atoms with Crippen molar-refractivity contribution < 1.29 is 14.3 Å². The summed E-state index contributed by atoms with van der Waals surface area (Å²) in [5, 5.41) is 2.98. The minimum Gasteiger partial charge on any atom is -0.497 e. The lowest BCUT2D eigenvalue weighted by molar-refractivity contribution is -0.120. The van der Waals surface area contributed by atoms with E-state index in [0.717, 1.165) is 16.8 Å². The van der Waals surface area contributed by atoms with Crippen molar-refractivity contribution in [3.8, 4) is 5.75 Å². The van der Waals surface area contributed by atoms with Gasteiger partial charge in [-0.05, 0) is 48.2 Å². The fourth-order valence-corrected chi connectivity index (χ4v) is 2.81. The molecule has 0 aromatic heterocycles. The molecular formula is C21H26N2O3. The Bertz CT molecular complexity index is 782. The Kier molecular flexibility index (Phi) is 6.39. The largest absolute Gasteiger partial charge is 0.497 e. The van der Waals surface area contributed by atoms with Crippen LogP contribution in [-0.2, 0) is 9.59 Å². The van der Waals surface area contributed by atoms with Crippen LogP contribution < -0.4 is 15.0 Å². The number of carbonyl (C=O) groups excluding carboxylic acids is 2. The average Bonchev–Trinajstić information content (AvgIpc) is 2.61. The van der Waals surface area contributed by atoms with Crippen molar-refractivity contribution in [2.24, 2.45) is 0 Å². The third-order valence-electron chi connectivity index (χ3n) is 4.26. The zero-order chi connectivity index (χ0) is 19.3. The van der Waals surface area contributed by atoms with E-state index in [1.54, 1.807) is 31.4 Å². The van der Waals surface area contributed by atoms with Crippen LogP contribution in [0.5, 0.6) is 5.75 Å². The SMILES string of the molecule is COc1ccc(N(CC(=O)Nc2c(C)cccc2C(C)C)C(C)=O)cc1. The monoisotopic (exact) mass is 354 g/mol. The summed E-state index contributed by atoms with van der Waals surface area (Å²) in [4.78, 5) is 26.1. The summed E-state index contributed by atoms with van der Waals surface area (Å²) in [6.07, 6.45) is 0. The van der Waals surface area contributed by atoms with Gasteiger partial charge in [-0.3, -0.25) is 9.59 Å². The number of aryl methyl sites for hydroxylation is 1. The van der Waals surface area contributed by atoms with Crippen LogP contribution in [0.15, 0.2) is 42.5 Å². The molecule has 5 heteroatoms. The topological polar surface area (TPSA) is 58.6 Å². The van der Waals surface area contributed by atoms with Crippen molar-refractivity contribution in [3.05, 3.63) is 53.6 Å². The van der Waals surface area contributed by atoms with Gasteiger partial charge >= 0.3 is 0 Å². The second-order valence-electron chi connectivity index (χ2n) is 6.55. The molecule has 0 heterocycles. The van der Waals surface area contributed by atoms with Crippen LogP contribution in [0.4, 0.5) is 11.4 Å². The van der Waals surface area contributed by atoms with Gasteiger partial charge in [-0.1, -0.05) is 32.0 Å². The third-order valence-corrected chi connectivity index (χ3v) is 4.26. The fraction of sp³-hybridized carbons (Fsp3) is 0.333. The highest BCUT2D eigenvalue weighted by atomic mass is 16.5. The maximum Gasteiger partial charge on any atom is 0.244 e. The Morgan fingerprint density at radius 2 is 1.77 bits per heavy atom. The predicted molar refractivity (Wildman–Crippen MR) is 105 cm³/mol.